The fourth-order valence-corrected chi connectivity index (χ4v) is 2.89. The maximum atomic E-state index is 6.09. The van der Waals surface area contributed by atoms with E-state index in [0.717, 1.165) is 30.2 Å². The van der Waals surface area contributed by atoms with Gasteiger partial charge in [-0.25, -0.2) is 4.68 Å². The Hall–Kier alpha value is -1.49. The van der Waals surface area contributed by atoms with Gasteiger partial charge in [-0.05, 0) is 39.3 Å². The number of nitrogen functional groups attached to an aromatic ring is 1. The smallest absolute Gasteiger partial charge is 0.148 e. The second kappa shape index (κ2) is 5.65. The van der Waals surface area contributed by atoms with Crippen molar-refractivity contribution >= 4 is 22.8 Å². The molecule has 5 heteroatoms. The first-order valence-corrected chi connectivity index (χ1v) is 7.50. The molecule has 0 saturated carbocycles. The summed E-state index contributed by atoms with van der Waals surface area (Å²) in [5, 5.41) is 7.90. The standard InChI is InChI=1S/C14H22N4S/c1-5-11-6-7-12(19-11)8-16-14-13(15)10(4)17-18(14)9(2)3/h6-7,9,16H,5,8,15H2,1-4H3. The van der Waals surface area contributed by atoms with Crippen molar-refractivity contribution in [2.45, 2.75) is 46.7 Å². The number of aryl methyl sites for hydroxylation is 2. The van der Waals surface area contributed by atoms with Crippen LogP contribution in [0.5, 0.6) is 0 Å². The summed E-state index contributed by atoms with van der Waals surface area (Å²) in [5.41, 5.74) is 7.73. The fraction of sp³-hybridized carbons (Fsp3) is 0.500. The lowest BCUT2D eigenvalue weighted by Crippen LogP contribution is -2.10. The van der Waals surface area contributed by atoms with Crippen molar-refractivity contribution in [1.29, 1.82) is 0 Å². The molecule has 3 N–H and O–H groups in total. The zero-order valence-corrected chi connectivity index (χ0v) is 12.8. The van der Waals surface area contributed by atoms with Crippen molar-refractivity contribution in [2.24, 2.45) is 0 Å². The van der Waals surface area contributed by atoms with Crippen molar-refractivity contribution in [2.75, 3.05) is 11.1 Å². The van der Waals surface area contributed by atoms with Crippen LogP contribution in [-0.2, 0) is 13.0 Å². The normalized spacial score (nSPS) is 11.2. The van der Waals surface area contributed by atoms with Gasteiger partial charge in [0.1, 0.15) is 5.82 Å². The molecular formula is C14H22N4S. The monoisotopic (exact) mass is 278 g/mol. The minimum atomic E-state index is 0.299. The van der Waals surface area contributed by atoms with Gasteiger partial charge >= 0.3 is 0 Å². The molecule has 2 aromatic rings. The number of hydrogen-bond donors (Lipinski definition) is 2. The summed E-state index contributed by atoms with van der Waals surface area (Å²) in [5.74, 6) is 0.930. The Balaban J connectivity index is 2.14. The summed E-state index contributed by atoms with van der Waals surface area (Å²) in [6, 6.07) is 4.67. The predicted molar refractivity (Wildman–Crippen MR) is 82.8 cm³/mol. The van der Waals surface area contributed by atoms with Gasteiger partial charge in [-0.2, -0.15) is 5.10 Å². The SMILES string of the molecule is CCc1ccc(CNc2c(N)c(C)nn2C(C)C)s1. The van der Waals surface area contributed by atoms with Gasteiger partial charge in [-0.1, -0.05) is 6.92 Å². The third-order valence-electron chi connectivity index (χ3n) is 3.12. The number of hydrogen-bond acceptors (Lipinski definition) is 4. The minimum absolute atomic E-state index is 0.299. The molecule has 0 aliphatic carbocycles. The van der Waals surface area contributed by atoms with Crippen LogP contribution in [0.1, 0.15) is 42.3 Å². The molecule has 19 heavy (non-hydrogen) atoms. The van der Waals surface area contributed by atoms with Gasteiger partial charge < -0.3 is 11.1 Å². The summed E-state index contributed by atoms with van der Waals surface area (Å²) >= 11 is 1.85. The van der Waals surface area contributed by atoms with Crippen LogP contribution in [0.4, 0.5) is 11.5 Å². The Morgan fingerprint density at radius 3 is 2.63 bits per heavy atom. The average Bonchev–Trinajstić information content (AvgIpc) is 2.94. The van der Waals surface area contributed by atoms with Gasteiger partial charge in [0.25, 0.3) is 0 Å². The third kappa shape index (κ3) is 2.92. The van der Waals surface area contributed by atoms with Crippen LogP contribution in [0, 0.1) is 6.92 Å². The van der Waals surface area contributed by atoms with Crippen molar-refractivity contribution in [1.82, 2.24) is 9.78 Å². The van der Waals surface area contributed by atoms with Crippen LogP contribution in [0.15, 0.2) is 12.1 Å². The van der Waals surface area contributed by atoms with E-state index in [4.69, 9.17) is 5.73 Å². The summed E-state index contributed by atoms with van der Waals surface area (Å²) in [7, 11) is 0. The second-order valence-corrected chi connectivity index (χ2v) is 6.21. The Morgan fingerprint density at radius 1 is 1.37 bits per heavy atom. The highest BCUT2D eigenvalue weighted by Gasteiger charge is 2.14. The summed E-state index contributed by atoms with van der Waals surface area (Å²) < 4.78 is 1.96. The van der Waals surface area contributed by atoms with Gasteiger partial charge in [0.2, 0.25) is 0 Å². The van der Waals surface area contributed by atoms with Crippen LogP contribution < -0.4 is 11.1 Å². The van der Waals surface area contributed by atoms with E-state index in [2.05, 4.69) is 43.3 Å². The number of nitrogens with two attached hydrogens (primary N) is 1. The molecule has 2 aromatic heterocycles. The van der Waals surface area contributed by atoms with E-state index in [-0.39, 0.29) is 0 Å². The zero-order chi connectivity index (χ0) is 14.0. The van der Waals surface area contributed by atoms with Crippen LogP contribution in [0.2, 0.25) is 0 Å². The largest absolute Gasteiger partial charge is 0.394 e. The van der Waals surface area contributed by atoms with Gasteiger partial charge in [-0.3, -0.25) is 0 Å². The summed E-state index contributed by atoms with van der Waals surface area (Å²) in [4.78, 5) is 2.74. The molecule has 0 aliphatic heterocycles. The summed E-state index contributed by atoms with van der Waals surface area (Å²) in [6.45, 7) is 9.14. The molecule has 0 radical (unpaired) electrons. The molecule has 0 saturated heterocycles. The van der Waals surface area contributed by atoms with Gasteiger partial charge in [0.15, 0.2) is 0 Å². The number of thiophene rings is 1. The molecule has 0 aliphatic rings. The highest BCUT2D eigenvalue weighted by molar-refractivity contribution is 7.12. The van der Waals surface area contributed by atoms with E-state index in [9.17, 15) is 0 Å². The van der Waals surface area contributed by atoms with Gasteiger partial charge in [0, 0.05) is 15.8 Å². The maximum absolute atomic E-state index is 6.09. The van der Waals surface area contributed by atoms with Crippen molar-refractivity contribution in [3.05, 3.63) is 27.6 Å². The predicted octanol–water partition coefficient (Wildman–Crippen LogP) is 3.59. The highest BCUT2D eigenvalue weighted by atomic mass is 32.1. The third-order valence-corrected chi connectivity index (χ3v) is 4.35. The van der Waals surface area contributed by atoms with Crippen LogP contribution in [0.25, 0.3) is 0 Å². The lowest BCUT2D eigenvalue weighted by atomic mass is 10.3. The quantitative estimate of drug-likeness (QED) is 0.878. The van der Waals surface area contributed by atoms with Gasteiger partial charge in [-0.15, -0.1) is 11.3 Å². The molecule has 2 heterocycles. The Morgan fingerprint density at radius 2 is 2.05 bits per heavy atom. The van der Waals surface area contributed by atoms with E-state index in [1.807, 2.05) is 22.9 Å². The molecule has 104 valence electrons. The summed E-state index contributed by atoms with van der Waals surface area (Å²) in [6.07, 6.45) is 1.09. The maximum Gasteiger partial charge on any atom is 0.148 e. The second-order valence-electron chi connectivity index (χ2n) is 4.96. The molecule has 0 aromatic carbocycles. The minimum Gasteiger partial charge on any atom is -0.394 e. The first-order valence-electron chi connectivity index (χ1n) is 6.69. The molecule has 0 atom stereocenters. The van der Waals surface area contributed by atoms with E-state index in [0.29, 0.717) is 6.04 Å². The van der Waals surface area contributed by atoms with E-state index in [1.165, 1.54) is 9.75 Å². The van der Waals surface area contributed by atoms with Gasteiger partial charge in [0.05, 0.1) is 17.9 Å². The number of rotatable bonds is 5. The number of nitrogens with one attached hydrogen (secondary N) is 1. The molecule has 0 amide bonds. The number of aromatic nitrogens is 2. The fourth-order valence-electron chi connectivity index (χ4n) is 1.99. The highest BCUT2D eigenvalue weighted by Crippen LogP contribution is 2.27. The molecular weight excluding hydrogens is 256 g/mol. The first kappa shape index (κ1) is 13.9. The van der Waals surface area contributed by atoms with Crippen molar-refractivity contribution < 1.29 is 0 Å². The number of nitrogens with zero attached hydrogens (tertiary/aromatic N) is 2. The Bertz CT molecular complexity index is 554. The van der Waals surface area contributed by atoms with E-state index in [1.54, 1.807) is 0 Å². The van der Waals surface area contributed by atoms with Crippen molar-refractivity contribution in [3.8, 4) is 0 Å². The topological polar surface area (TPSA) is 55.9 Å². The Labute approximate surface area is 118 Å². The van der Waals surface area contributed by atoms with E-state index < -0.39 is 0 Å². The van der Waals surface area contributed by atoms with E-state index >= 15 is 0 Å². The molecule has 0 spiro atoms. The number of anilines is 2. The Kier molecular flexibility index (Phi) is 4.14. The lowest BCUT2D eigenvalue weighted by molar-refractivity contribution is 0.534. The molecule has 0 fully saturated rings. The average molecular weight is 278 g/mol. The molecule has 4 nitrogen and oxygen atoms in total. The van der Waals surface area contributed by atoms with Crippen LogP contribution >= 0.6 is 11.3 Å². The van der Waals surface area contributed by atoms with Crippen LogP contribution in [-0.4, -0.2) is 9.78 Å². The van der Waals surface area contributed by atoms with Crippen LogP contribution in [0.3, 0.4) is 0 Å². The molecule has 0 bridgehead atoms. The van der Waals surface area contributed by atoms with Crippen molar-refractivity contribution in [3.63, 3.8) is 0 Å². The first-order chi connectivity index (χ1) is 9.02. The molecule has 2 rings (SSSR count). The molecule has 0 unspecified atom stereocenters. The zero-order valence-electron chi connectivity index (χ0n) is 12.0. The lowest BCUT2D eigenvalue weighted by Gasteiger charge is -2.12.